The Balaban J connectivity index is 1.88. The molecular formula is C23H23F3N2O4S. The molecule has 0 aliphatic heterocycles. The van der Waals surface area contributed by atoms with Crippen molar-refractivity contribution in [3.63, 3.8) is 0 Å². The van der Waals surface area contributed by atoms with E-state index in [0.29, 0.717) is 22.8 Å². The Morgan fingerprint density at radius 3 is 2.12 bits per heavy atom. The molecule has 3 aromatic rings. The summed E-state index contributed by atoms with van der Waals surface area (Å²) in [7, 11) is -4.70. The Kier molecular flexibility index (Phi) is 7.47. The predicted octanol–water partition coefficient (Wildman–Crippen LogP) is 5.56. The molecule has 0 aliphatic rings. The van der Waals surface area contributed by atoms with Crippen molar-refractivity contribution in [2.75, 3.05) is 10.1 Å². The number of sulfonamides is 1. The number of hydrogen-bond acceptors (Lipinski definition) is 5. The summed E-state index contributed by atoms with van der Waals surface area (Å²) in [6, 6.07) is 15.9. The van der Waals surface area contributed by atoms with Crippen molar-refractivity contribution in [2.45, 2.75) is 32.7 Å². The van der Waals surface area contributed by atoms with Crippen molar-refractivity contribution in [2.24, 2.45) is 0 Å². The summed E-state index contributed by atoms with van der Waals surface area (Å²) in [5, 5.41) is 0. The number of pyridine rings is 1. The molecule has 0 unspecified atom stereocenters. The van der Waals surface area contributed by atoms with E-state index in [1.54, 1.807) is 36.4 Å². The Bertz CT molecular complexity index is 1150. The number of hydrogen-bond donors (Lipinski definition) is 0. The maximum atomic E-state index is 13.0. The zero-order chi connectivity index (χ0) is 24.1. The van der Waals surface area contributed by atoms with Crippen LogP contribution in [0.4, 0.5) is 18.9 Å². The van der Waals surface area contributed by atoms with Gasteiger partial charge >= 0.3 is 6.18 Å². The Morgan fingerprint density at radius 2 is 1.55 bits per heavy atom. The van der Waals surface area contributed by atoms with Gasteiger partial charge in [-0.15, -0.1) is 0 Å². The minimum atomic E-state index is -4.88. The fourth-order valence-corrected chi connectivity index (χ4v) is 4.34. The lowest BCUT2D eigenvalue weighted by atomic mass is 10.2. The molecule has 1 aromatic heterocycles. The molecule has 176 valence electrons. The van der Waals surface area contributed by atoms with E-state index in [0.717, 1.165) is 4.31 Å². The first-order valence-electron chi connectivity index (χ1n) is 10.0. The van der Waals surface area contributed by atoms with Crippen molar-refractivity contribution >= 4 is 15.7 Å². The summed E-state index contributed by atoms with van der Waals surface area (Å²) in [6.07, 6.45) is -2.06. The normalized spacial score (nSPS) is 11.9. The van der Waals surface area contributed by atoms with Crippen LogP contribution < -0.4 is 13.8 Å². The molecule has 0 N–H and O–H groups in total. The van der Waals surface area contributed by atoms with Gasteiger partial charge in [0, 0.05) is 12.4 Å². The van der Waals surface area contributed by atoms with E-state index in [4.69, 9.17) is 9.47 Å². The molecule has 3 rings (SSSR count). The Hall–Kier alpha value is -3.27. The molecule has 33 heavy (non-hydrogen) atoms. The molecule has 0 saturated heterocycles. The lowest BCUT2D eigenvalue weighted by molar-refractivity contribution is -0.106. The minimum Gasteiger partial charge on any atom is -0.487 e. The van der Waals surface area contributed by atoms with Crippen LogP contribution in [-0.4, -0.2) is 31.4 Å². The van der Waals surface area contributed by atoms with Crippen molar-refractivity contribution in [1.82, 2.24) is 4.98 Å². The maximum Gasteiger partial charge on any atom is 0.404 e. The van der Waals surface area contributed by atoms with E-state index >= 15 is 0 Å². The monoisotopic (exact) mass is 480 g/mol. The summed E-state index contributed by atoms with van der Waals surface area (Å²) in [5.74, 6) is -0.611. The number of rotatable bonds is 9. The second-order valence-corrected chi connectivity index (χ2v) is 9.34. The van der Waals surface area contributed by atoms with E-state index < -0.39 is 22.0 Å². The van der Waals surface area contributed by atoms with Gasteiger partial charge in [-0.2, -0.15) is 13.2 Å². The molecule has 0 fully saturated rings. The quantitative estimate of drug-likeness (QED) is 0.401. The van der Waals surface area contributed by atoms with Gasteiger partial charge in [-0.25, -0.2) is 8.42 Å². The van der Waals surface area contributed by atoms with Gasteiger partial charge in [0.1, 0.15) is 5.75 Å². The highest BCUT2D eigenvalue weighted by Gasteiger charge is 2.38. The summed E-state index contributed by atoms with van der Waals surface area (Å²) >= 11 is 0. The molecule has 0 saturated carbocycles. The standard InChI is InChI=1S/C23H23F3N2O4S/c1-17(2)31-21-5-3-4-6-22(21)32-20-9-7-19(8-10-20)28(15-18-11-13-27-14-12-18)33(29,30)16-23(24,25)26/h3-14,17H,15-16H2,1-2H3. The van der Waals surface area contributed by atoms with Crippen LogP contribution in [0.25, 0.3) is 0 Å². The average molecular weight is 481 g/mol. The summed E-state index contributed by atoms with van der Waals surface area (Å²) in [4.78, 5) is 3.85. The van der Waals surface area contributed by atoms with Crippen LogP contribution in [0.5, 0.6) is 17.2 Å². The van der Waals surface area contributed by atoms with E-state index in [-0.39, 0.29) is 18.3 Å². The largest absolute Gasteiger partial charge is 0.487 e. The highest BCUT2D eigenvalue weighted by Crippen LogP contribution is 2.33. The second-order valence-electron chi connectivity index (χ2n) is 7.44. The third-order valence-corrected chi connectivity index (χ3v) is 6.03. The van der Waals surface area contributed by atoms with Crippen LogP contribution in [0, 0.1) is 0 Å². The zero-order valence-corrected chi connectivity index (χ0v) is 18.8. The predicted molar refractivity (Wildman–Crippen MR) is 119 cm³/mol. The van der Waals surface area contributed by atoms with Crippen LogP contribution >= 0.6 is 0 Å². The van der Waals surface area contributed by atoms with Crippen molar-refractivity contribution in [3.05, 3.63) is 78.6 Å². The van der Waals surface area contributed by atoms with Crippen molar-refractivity contribution < 1.29 is 31.1 Å². The topological polar surface area (TPSA) is 68.7 Å². The van der Waals surface area contributed by atoms with E-state index in [1.807, 2.05) is 13.8 Å². The number of benzene rings is 2. The van der Waals surface area contributed by atoms with Gasteiger partial charge in [-0.3, -0.25) is 9.29 Å². The van der Waals surface area contributed by atoms with Crippen LogP contribution in [0.2, 0.25) is 0 Å². The summed E-state index contributed by atoms with van der Waals surface area (Å²) in [5.41, 5.74) is 0.575. The summed E-state index contributed by atoms with van der Waals surface area (Å²) in [6.45, 7) is 3.49. The smallest absolute Gasteiger partial charge is 0.404 e. The highest BCUT2D eigenvalue weighted by atomic mass is 32.2. The molecular weight excluding hydrogens is 457 g/mol. The van der Waals surface area contributed by atoms with Gasteiger partial charge in [0.15, 0.2) is 17.3 Å². The molecule has 10 heteroatoms. The number of alkyl halides is 3. The first kappa shape index (κ1) is 24.4. The van der Waals surface area contributed by atoms with Crippen LogP contribution in [0.3, 0.4) is 0 Å². The third kappa shape index (κ3) is 7.11. The van der Waals surface area contributed by atoms with Crippen molar-refractivity contribution in [1.29, 1.82) is 0 Å². The maximum absolute atomic E-state index is 13.0. The molecule has 0 aliphatic carbocycles. The number of aromatic nitrogens is 1. The molecule has 0 radical (unpaired) electrons. The zero-order valence-electron chi connectivity index (χ0n) is 18.0. The number of nitrogens with zero attached hydrogens (tertiary/aromatic N) is 2. The van der Waals surface area contributed by atoms with Gasteiger partial charge < -0.3 is 9.47 Å². The van der Waals surface area contributed by atoms with Gasteiger partial charge in [-0.1, -0.05) is 12.1 Å². The molecule has 0 spiro atoms. The molecule has 2 aromatic carbocycles. The number of anilines is 1. The SMILES string of the molecule is CC(C)Oc1ccccc1Oc1ccc(N(Cc2ccncc2)S(=O)(=O)CC(F)(F)F)cc1. The molecule has 1 heterocycles. The number of ether oxygens (including phenoxy) is 2. The van der Waals surface area contributed by atoms with Gasteiger partial charge in [0.25, 0.3) is 0 Å². The third-order valence-electron chi connectivity index (χ3n) is 4.32. The first-order chi connectivity index (χ1) is 15.5. The second kappa shape index (κ2) is 10.1. The molecule has 0 bridgehead atoms. The average Bonchev–Trinajstić information content (AvgIpc) is 2.73. The Morgan fingerprint density at radius 1 is 0.939 bits per heavy atom. The van der Waals surface area contributed by atoms with Crippen molar-refractivity contribution in [3.8, 4) is 17.2 Å². The Labute approximate surface area is 190 Å². The molecule has 0 atom stereocenters. The van der Waals surface area contributed by atoms with Gasteiger partial charge in [0.05, 0.1) is 18.3 Å². The number of para-hydroxylation sites is 2. The van der Waals surface area contributed by atoms with E-state index in [2.05, 4.69) is 4.98 Å². The van der Waals surface area contributed by atoms with Crippen LogP contribution in [-0.2, 0) is 16.6 Å². The lowest BCUT2D eigenvalue weighted by Crippen LogP contribution is -2.37. The first-order valence-corrected chi connectivity index (χ1v) is 11.6. The number of halogens is 3. The summed E-state index contributed by atoms with van der Waals surface area (Å²) < 4.78 is 76.4. The molecule has 0 amide bonds. The van der Waals surface area contributed by atoms with Gasteiger partial charge in [0.2, 0.25) is 10.0 Å². The fourth-order valence-electron chi connectivity index (χ4n) is 2.98. The van der Waals surface area contributed by atoms with Crippen LogP contribution in [0.1, 0.15) is 19.4 Å². The van der Waals surface area contributed by atoms with E-state index in [1.165, 1.54) is 36.7 Å². The molecule has 6 nitrogen and oxygen atoms in total. The highest BCUT2D eigenvalue weighted by molar-refractivity contribution is 7.92. The fraction of sp³-hybridized carbons (Fsp3) is 0.261. The van der Waals surface area contributed by atoms with Gasteiger partial charge in [-0.05, 0) is 67.9 Å². The lowest BCUT2D eigenvalue weighted by Gasteiger charge is -2.25. The van der Waals surface area contributed by atoms with Crippen LogP contribution in [0.15, 0.2) is 73.1 Å². The van der Waals surface area contributed by atoms with E-state index in [9.17, 15) is 21.6 Å². The minimum absolute atomic E-state index is 0.0716.